The van der Waals surface area contributed by atoms with Crippen LogP contribution < -0.4 is 0 Å². The lowest BCUT2D eigenvalue weighted by molar-refractivity contribution is -0.161. The summed E-state index contributed by atoms with van der Waals surface area (Å²) in [5, 5.41) is 10.5. The Hall–Kier alpha value is -1.94. The van der Waals surface area contributed by atoms with E-state index in [2.05, 4.69) is 27.7 Å². The van der Waals surface area contributed by atoms with E-state index in [-0.39, 0.29) is 25.7 Å². The number of aliphatic hydroxyl groups excluding tert-OH is 1. The Bertz CT molecular complexity index is 1670. The third kappa shape index (κ3) is 62.6. The summed E-state index contributed by atoms with van der Waals surface area (Å²) >= 11 is 0. The van der Waals surface area contributed by atoms with Crippen LogP contribution in [0.5, 0.6) is 0 Å². The van der Waals surface area contributed by atoms with Crippen molar-refractivity contribution < 1.29 is 80.2 Å². The number of carbonyl (C=O) groups is 4. The van der Waals surface area contributed by atoms with Crippen molar-refractivity contribution in [3.05, 3.63) is 0 Å². The molecule has 17 nitrogen and oxygen atoms in total. The first kappa shape index (κ1) is 85.1. The SMILES string of the molecule is CCCCCCCCCCCCCCCCCCCCCCCCC(=O)O[C@H](COC(=O)CCCCCCCCCCCCC)COP(=O)(O)OC[C@@H](O)COP(=O)(O)OC[C@@H](COC(=O)CCCCCCCCC)OC(=O)CCCCCCCCC. The lowest BCUT2D eigenvalue weighted by atomic mass is 10.0. The van der Waals surface area contributed by atoms with E-state index in [1.54, 1.807) is 0 Å². The predicted molar refractivity (Wildman–Crippen MR) is 349 cm³/mol. The molecule has 0 spiro atoms. The zero-order valence-corrected chi connectivity index (χ0v) is 57.8. The molecule has 3 N–H and O–H groups in total. The average Bonchev–Trinajstić information content (AvgIpc) is 3.61. The second-order valence-corrected chi connectivity index (χ2v) is 27.5. The molecule has 87 heavy (non-hydrogen) atoms. The second kappa shape index (κ2) is 62.8. The van der Waals surface area contributed by atoms with Crippen LogP contribution in [0.4, 0.5) is 0 Å². The van der Waals surface area contributed by atoms with Crippen molar-refractivity contribution in [2.75, 3.05) is 39.6 Å². The molecule has 0 rings (SSSR count). The number of aliphatic hydroxyl groups is 1. The van der Waals surface area contributed by atoms with Crippen molar-refractivity contribution in [3.8, 4) is 0 Å². The molecule has 0 fully saturated rings. The van der Waals surface area contributed by atoms with E-state index < -0.39 is 97.5 Å². The molecule has 19 heteroatoms. The van der Waals surface area contributed by atoms with Gasteiger partial charge in [-0.25, -0.2) is 9.13 Å². The topological polar surface area (TPSA) is 237 Å². The van der Waals surface area contributed by atoms with Crippen LogP contribution >= 0.6 is 15.6 Å². The molecule has 0 aromatic heterocycles. The fraction of sp³-hybridized carbons (Fsp3) is 0.941. The number of unbranched alkanes of at least 4 members (excludes halogenated alkanes) is 43. The summed E-state index contributed by atoms with van der Waals surface area (Å²) in [7, 11) is -9.88. The van der Waals surface area contributed by atoms with E-state index >= 15 is 0 Å². The minimum absolute atomic E-state index is 0.104. The Kier molecular flexibility index (Phi) is 61.4. The minimum Gasteiger partial charge on any atom is -0.462 e. The van der Waals surface area contributed by atoms with Crippen molar-refractivity contribution in [3.63, 3.8) is 0 Å². The highest BCUT2D eigenvalue weighted by molar-refractivity contribution is 7.47. The average molecular weight is 1280 g/mol. The summed E-state index contributed by atoms with van der Waals surface area (Å²) in [6.07, 6.45) is 50.5. The normalized spacial score (nSPS) is 14.1. The number of esters is 4. The second-order valence-electron chi connectivity index (χ2n) is 24.6. The molecule has 0 aliphatic rings. The van der Waals surface area contributed by atoms with Crippen molar-refractivity contribution in [1.29, 1.82) is 0 Å². The van der Waals surface area contributed by atoms with Crippen LogP contribution in [0.25, 0.3) is 0 Å². The van der Waals surface area contributed by atoms with Crippen LogP contribution in [-0.2, 0) is 65.4 Å². The van der Waals surface area contributed by atoms with Crippen molar-refractivity contribution in [1.82, 2.24) is 0 Å². The third-order valence-corrected chi connectivity index (χ3v) is 17.8. The number of ether oxygens (including phenoxy) is 4. The number of carbonyl (C=O) groups excluding carboxylic acids is 4. The molecule has 0 aliphatic carbocycles. The summed E-state index contributed by atoms with van der Waals surface area (Å²) in [6, 6.07) is 0. The summed E-state index contributed by atoms with van der Waals surface area (Å²) in [4.78, 5) is 72.1. The summed E-state index contributed by atoms with van der Waals surface area (Å²) in [5.41, 5.74) is 0. The molecule has 0 aliphatic heterocycles. The first-order valence-corrected chi connectivity index (χ1v) is 38.8. The molecule has 0 saturated carbocycles. The highest BCUT2D eigenvalue weighted by Crippen LogP contribution is 2.45. The molecular weight excluding hydrogens is 1150 g/mol. The highest BCUT2D eigenvalue weighted by atomic mass is 31.2. The van der Waals surface area contributed by atoms with Gasteiger partial charge in [0.1, 0.15) is 19.3 Å². The Balaban J connectivity index is 5.06. The number of phosphoric ester groups is 2. The quantitative estimate of drug-likeness (QED) is 0.0222. The van der Waals surface area contributed by atoms with Gasteiger partial charge in [0.05, 0.1) is 26.4 Å². The molecule has 2 unspecified atom stereocenters. The molecule has 0 saturated heterocycles. The number of hydrogen-bond donors (Lipinski definition) is 3. The summed E-state index contributed by atoms with van der Waals surface area (Å²) in [5.74, 6) is -2.14. The van der Waals surface area contributed by atoms with Crippen molar-refractivity contribution in [2.45, 2.75) is 373 Å². The Labute approximate surface area is 530 Å². The monoisotopic (exact) mass is 1280 g/mol. The van der Waals surface area contributed by atoms with E-state index in [1.807, 2.05) is 0 Å². The van der Waals surface area contributed by atoms with Crippen molar-refractivity contribution in [2.24, 2.45) is 0 Å². The Morgan fingerprint density at radius 3 is 0.678 bits per heavy atom. The van der Waals surface area contributed by atoms with Gasteiger partial charge in [-0.3, -0.25) is 37.3 Å². The number of phosphoric acid groups is 2. The van der Waals surface area contributed by atoms with Gasteiger partial charge >= 0.3 is 39.5 Å². The van der Waals surface area contributed by atoms with Gasteiger partial charge < -0.3 is 33.8 Å². The summed E-state index contributed by atoms with van der Waals surface area (Å²) < 4.78 is 67.9. The van der Waals surface area contributed by atoms with Gasteiger partial charge in [0.15, 0.2) is 12.2 Å². The van der Waals surface area contributed by atoms with Crippen LogP contribution in [0.1, 0.15) is 355 Å². The largest absolute Gasteiger partial charge is 0.472 e. The lowest BCUT2D eigenvalue weighted by Crippen LogP contribution is -2.30. The fourth-order valence-electron chi connectivity index (χ4n) is 10.3. The van der Waals surface area contributed by atoms with Gasteiger partial charge in [0.25, 0.3) is 0 Å². The van der Waals surface area contributed by atoms with Crippen LogP contribution in [0, 0.1) is 0 Å². The third-order valence-electron chi connectivity index (χ3n) is 15.9. The van der Waals surface area contributed by atoms with Gasteiger partial charge in [-0.05, 0) is 25.7 Å². The smallest absolute Gasteiger partial charge is 0.462 e. The zero-order chi connectivity index (χ0) is 64.0. The van der Waals surface area contributed by atoms with Crippen LogP contribution in [0.2, 0.25) is 0 Å². The van der Waals surface area contributed by atoms with Gasteiger partial charge in [-0.2, -0.15) is 0 Å². The molecule has 0 bridgehead atoms. The van der Waals surface area contributed by atoms with E-state index in [1.165, 1.54) is 161 Å². The minimum atomic E-state index is -4.94. The van der Waals surface area contributed by atoms with E-state index in [0.29, 0.717) is 25.7 Å². The maximum atomic E-state index is 13.0. The predicted octanol–water partition coefficient (Wildman–Crippen LogP) is 19.5. The van der Waals surface area contributed by atoms with E-state index in [4.69, 9.17) is 37.0 Å². The molecule has 0 aromatic carbocycles. The molecule has 0 radical (unpaired) electrons. The van der Waals surface area contributed by atoms with Crippen LogP contribution in [0.3, 0.4) is 0 Å². The number of hydrogen-bond acceptors (Lipinski definition) is 15. The number of rotatable bonds is 69. The zero-order valence-electron chi connectivity index (χ0n) is 56.0. The van der Waals surface area contributed by atoms with Crippen molar-refractivity contribution >= 4 is 39.5 Å². The highest BCUT2D eigenvalue weighted by Gasteiger charge is 2.30. The standard InChI is InChI=1S/C68H132O17P2/c1-5-9-13-17-21-23-25-26-27-28-29-30-31-32-33-34-35-37-39-43-47-51-55-68(73)85-64(59-79-66(71)53-49-45-42-38-36-24-22-18-14-10-6-2)61-83-87(76,77)81-57-62(69)56-80-86(74,75)82-60-63(84-67(72)54-50-46-41-20-16-12-8-4)58-78-65(70)52-48-44-40-19-15-11-7-3/h62-64,69H,5-61H2,1-4H3,(H,74,75)(H,76,77)/t62-,63+,64+/m0/s1. The van der Waals surface area contributed by atoms with Crippen LogP contribution in [-0.4, -0.2) is 96.7 Å². The maximum absolute atomic E-state index is 13.0. The Morgan fingerprint density at radius 1 is 0.276 bits per heavy atom. The van der Waals surface area contributed by atoms with E-state index in [0.717, 1.165) is 116 Å². The van der Waals surface area contributed by atoms with Crippen LogP contribution in [0.15, 0.2) is 0 Å². The van der Waals surface area contributed by atoms with Gasteiger partial charge in [-0.15, -0.1) is 0 Å². The summed E-state index contributed by atoms with van der Waals surface area (Å²) in [6.45, 7) is 4.83. The fourth-order valence-corrected chi connectivity index (χ4v) is 11.9. The van der Waals surface area contributed by atoms with Gasteiger partial charge in [0, 0.05) is 25.7 Å². The molecule has 516 valence electrons. The molecule has 0 heterocycles. The maximum Gasteiger partial charge on any atom is 0.472 e. The Morgan fingerprint density at radius 2 is 0.460 bits per heavy atom. The molecule has 0 aromatic rings. The molecular formula is C68H132O17P2. The first-order chi connectivity index (χ1) is 42.2. The lowest BCUT2D eigenvalue weighted by Gasteiger charge is -2.21. The molecule has 5 atom stereocenters. The van der Waals surface area contributed by atoms with E-state index in [9.17, 15) is 43.2 Å². The van der Waals surface area contributed by atoms with Gasteiger partial charge in [0.2, 0.25) is 0 Å². The first-order valence-electron chi connectivity index (χ1n) is 35.8. The van der Waals surface area contributed by atoms with Gasteiger partial charge in [-0.1, -0.05) is 304 Å². The molecule has 0 amide bonds.